The van der Waals surface area contributed by atoms with Crippen molar-refractivity contribution in [3.63, 3.8) is 0 Å². The Hall–Kier alpha value is -5.78. The van der Waals surface area contributed by atoms with Crippen LogP contribution in [0.2, 0.25) is 0 Å². The number of aliphatic imine (C=N–C) groups is 2. The van der Waals surface area contributed by atoms with E-state index in [0.29, 0.717) is 19.4 Å². The fraction of sp³-hybridized carbons (Fsp3) is 0.447. The maximum atomic E-state index is 13.7. The molecule has 7 rings (SSSR count). The maximum absolute atomic E-state index is 13.7. The summed E-state index contributed by atoms with van der Waals surface area (Å²) >= 11 is 0. The van der Waals surface area contributed by atoms with E-state index in [1.54, 1.807) is 0 Å². The number of hydrogen-bond donors (Lipinski definition) is 2. The number of benzene rings is 3. The molecule has 4 aliphatic rings. The maximum Gasteiger partial charge on any atom is 0.425 e. The second kappa shape index (κ2) is 18.0. The first kappa shape index (κ1) is 41.4. The van der Waals surface area contributed by atoms with Crippen LogP contribution in [-0.4, -0.2) is 84.2 Å². The lowest BCUT2D eigenvalue weighted by Crippen LogP contribution is -2.54. The summed E-state index contributed by atoms with van der Waals surface area (Å²) < 4.78 is 9.56. The van der Waals surface area contributed by atoms with Gasteiger partial charge >= 0.3 is 12.2 Å². The highest BCUT2D eigenvalue weighted by atomic mass is 16.5. The molecular formula is C47H56N6O6. The lowest BCUT2D eigenvalue weighted by atomic mass is 9.74. The number of hydrazine groups is 1. The minimum Gasteiger partial charge on any atom is -0.453 e. The Labute approximate surface area is 346 Å². The zero-order valence-electron chi connectivity index (χ0n) is 35.0. The van der Waals surface area contributed by atoms with Crippen molar-refractivity contribution < 1.29 is 28.7 Å². The minimum absolute atomic E-state index is 0.0248. The van der Waals surface area contributed by atoms with Crippen molar-refractivity contribution >= 4 is 57.3 Å². The second-order valence-electron chi connectivity index (χ2n) is 16.7. The van der Waals surface area contributed by atoms with Gasteiger partial charge in [0.05, 0.1) is 20.3 Å². The number of alkyl carbamates (subject to hydrolysis) is 1. The zero-order chi connectivity index (χ0) is 41.8. The summed E-state index contributed by atoms with van der Waals surface area (Å²) in [5.74, 6) is -0.486. The zero-order valence-corrected chi connectivity index (χ0v) is 35.0. The van der Waals surface area contributed by atoms with Crippen LogP contribution in [0.1, 0.15) is 90.2 Å². The first-order chi connectivity index (χ1) is 28.4. The van der Waals surface area contributed by atoms with Gasteiger partial charge in [0, 0.05) is 61.1 Å². The molecule has 3 aromatic rings. The third kappa shape index (κ3) is 8.96. The molecule has 1 saturated heterocycles. The number of nitrogens with zero attached hydrogens (tertiary/aromatic N) is 4. The Morgan fingerprint density at radius 2 is 1.31 bits per heavy atom. The molecular weight excluding hydrogens is 745 g/mol. The lowest BCUT2D eigenvalue weighted by molar-refractivity contribution is -0.142. The van der Waals surface area contributed by atoms with Crippen LogP contribution in [0.4, 0.5) is 9.59 Å². The molecule has 2 fully saturated rings. The highest BCUT2D eigenvalue weighted by Gasteiger charge is 2.40. The summed E-state index contributed by atoms with van der Waals surface area (Å²) in [6, 6.07) is 20.7. The number of nitrogens with one attached hydrogen (secondary N) is 2. The van der Waals surface area contributed by atoms with Gasteiger partial charge in [-0.15, -0.1) is 0 Å². The molecule has 310 valence electrons. The average molecular weight is 801 g/mol. The summed E-state index contributed by atoms with van der Waals surface area (Å²) in [4.78, 5) is 62.9. The molecule has 0 aromatic heterocycles. The van der Waals surface area contributed by atoms with Crippen molar-refractivity contribution in [1.82, 2.24) is 20.7 Å². The van der Waals surface area contributed by atoms with Crippen molar-refractivity contribution in [3.8, 4) is 11.1 Å². The first-order valence-electron chi connectivity index (χ1n) is 20.9. The van der Waals surface area contributed by atoms with E-state index in [2.05, 4.69) is 71.4 Å². The topological polar surface area (TPSA) is 142 Å². The molecule has 0 radical (unpaired) electrons. The molecule has 4 atom stereocenters. The van der Waals surface area contributed by atoms with E-state index in [-0.39, 0.29) is 41.7 Å². The molecule has 59 heavy (non-hydrogen) atoms. The van der Waals surface area contributed by atoms with Gasteiger partial charge < -0.3 is 19.7 Å². The van der Waals surface area contributed by atoms with E-state index in [9.17, 15) is 19.2 Å². The molecule has 0 unspecified atom stereocenters. The summed E-state index contributed by atoms with van der Waals surface area (Å²) in [6.45, 7) is 8.25. The third-order valence-corrected chi connectivity index (χ3v) is 12.3. The summed E-state index contributed by atoms with van der Waals surface area (Å²) in [5, 5.41) is 6.42. The van der Waals surface area contributed by atoms with Gasteiger partial charge in [-0.2, -0.15) is 0 Å². The molecule has 12 heteroatoms. The van der Waals surface area contributed by atoms with Crippen molar-refractivity contribution in [3.05, 3.63) is 84.2 Å². The van der Waals surface area contributed by atoms with Crippen LogP contribution in [-0.2, 0) is 19.1 Å². The van der Waals surface area contributed by atoms with Crippen molar-refractivity contribution in [2.45, 2.75) is 97.2 Å². The van der Waals surface area contributed by atoms with Crippen molar-refractivity contribution in [2.24, 2.45) is 27.7 Å². The van der Waals surface area contributed by atoms with E-state index in [1.807, 2.05) is 45.0 Å². The second-order valence-corrected chi connectivity index (χ2v) is 16.7. The molecule has 3 aromatic carbocycles. The van der Waals surface area contributed by atoms with Crippen molar-refractivity contribution in [2.75, 3.05) is 20.8 Å². The fourth-order valence-corrected chi connectivity index (χ4v) is 9.02. The van der Waals surface area contributed by atoms with Crippen LogP contribution < -0.4 is 10.7 Å². The molecule has 0 bridgehead atoms. The van der Waals surface area contributed by atoms with E-state index < -0.39 is 18.2 Å². The van der Waals surface area contributed by atoms with Gasteiger partial charge in [-0.1, -0.05) is 75.2 Å². The smallest absolute Gasteiger partial charge is 0.425 e. The average Bonchev–Trinajstić information content (AvgIpc) is 4.06. The number of amides is 4. The Balaban J connectivity index is 0.974. The standard InChI is InChI=1S/C47H56N6O6/c1-28(2)43(50-46(56)58-5)45(55)52-21-9-12-42(52)41-25-37(27-49-41)35-20-19-33-22-32(17-18-34(33)23-35)30-13-15-31(16-14-30)36-24-40(48-26-36)38-10-7-8-11-39(38)44(54)53(29(3)4)51-47(57)59-6/h13-20,22-23,26-29,38-39,42-43H,7-12,21,24-25H2,1-6H3,(H,50,56)(H,51,57)/t38-,39+,42-,43-/m0/s1. The predicted molar refractivity (Wildman–Crippen MR) is 231 cm³/mol. The molecule has 1 saturated carbocycles. The fourth-order valence-electron chi connectivity index (χ4n) is 9.02. The largest absolute Gasteiger partial charge is 0.453 e. The minimum atomic E-state index is -0.658. The SMILES string of the molecule is COC(=O)N[C@H](C(=O)N1CCC[C@H]1C1=NC=C(c2ccc3cc(-c4ccc(C5=CN=C([C@H]6CCCC[C@H]6C(=O)N(NC(=O)OC)C(C)C)C5)cc4)ccc3c2)C1)C(C)C. The highest BCUT2D eigenvalue weighted by molar-refractivity contribution is 6.05. The van der Waals surface area contributed by atoms with Gasteiger partial charge in [-0.25, -0.2) is 20.0 Å². The molecule has 1 aliphatic carbocycles. The van der Waals surface area contributed by atoms with E-state index in [1.165, 1.54) is 19.2 Å². The van der Waals surface area contributed by atoms with Gasteiger partial charge in [0.15, 0.2) is 0 Å². The van der Waals surface area contributed by atoms with Crippen LogP contribution >= 0.6 is 0 Å². The quantitative estimate of drug-likeness (QED) is 0.197. The number of hydrogen-bond acceptors (Lipinski definition) is 8. The molecule has 0 spiro atoms. The Kier molecular flexibility index (Phi) is 12.6. The first-order valence-corrected chi connectivity index (χ1v) is 20.9. The normalized spacial score (nSPS) is 20.8. The van der Waals surface area contributed by atoms with Crippen LogP contribution in [0.25, 0.3) is 33.0 Å². The number of methoxy groups -OCH3 is 2. The van der Waals surface area contributed by atoms with Gasteiger partial charge in [-0.05, 0) is 102 Å². The van der Waals surface area contributed by atoms with Gasteiger partial charge in [0.25, 0.3) is 0 Å². The number of allylic oxidation sites excluding steroid dienone is 2. The molecule has 3 heterocycles. The highest BCUT2D eigenvalue weighted by Crippen LogP contribution is 2.38. The Morgan fingerprint density at radius 3 is 1.98 bits per heavy atom. The van der Waals surface area contributed by atoms with Crippen LogP contribution in [0.3, 0.4) is 0 Å². The number of likely N-dealkylation sites (tertiary alicyclic amines) is 1. The number of ether oxygens (including phenoxy) is 2. The third-order valence-electron chi connectivity index (χ3n) is 12.3. The number of fused-ring (bicyclic) bond motifs is 1. The van der Waals surface area contributed by atoms with Crippen LogP contribution in [0, 0.1) is 17.8 Å². The molecule has 4 amide bonds. The van der Waals surface area contributed by atoms with E-state index >= 15 is 0 Å². The van der Waals surface area contributed by atoms with Gasteiger partial charge in [0.2, 0.25) is 11.8 Å². The Bertz CT molecular complexity index is 2220. The van der Waals surface area contributed by atoms with Crippen LogP contribution in [0.15, 0.2) is 83.0 Å². The summed E-state index contributed by atoms with van der Waals surface area (Å²) in [7, 11) is 2.60. The predicted octanol–water partition coefficient (Wildman–Crippen LogP) is 8.56. The van der Waals surface area contributed by atoms with E-state index in [4.69, 9.17) is 19.5 Å². The van der Waals surface area contributed by atoms with E-state index in [0.717, 1.165) is 94.1 Å². The van der Waals surface area contributed by atoms with Crippen molar-refractivity contribution in [1.29, 1.82) is 0 Å². The Morgan fingerprint density at radius 1 is 0.712 bits per heavy atom. The van der Waals surface area contributed by atoms with Crippen LogP contribution in [0.5, 0.6) is 0 Å². The number of carbonyl (C=O) groups excluding carboxylic acids is 4. The van der Waals surface area contributed by atoms with Gasteiger partial charge in [-0.3, -0.25) is 19.6 Å². The number of carbonyl (C=O) groups is 4. The lowest BCUT2D eigenvalue weighted by Gasteiger charge is -2.36. The molecule has 2 N–H and O–H groups in total. The van der Waals surface area contributed by atoms with Gasteiger partial charge in [0.1, 0.15) is 6.04 Å². The summed E-state index contributed by atoms with van der Waals surface area (Å²) in [5.41, 5.74) is 11.4. The molecule has 12 nitrogen and oxygen atoms in total. The monoisotopic (exact) mass is 800 g/mol. The number of rotatable bonds is 10. The molecule has 3 aliphatic heterocycles. The summed E-state index contributed by atoms with van der Waals surface area (Å²) in [6.07, 6.45) is 9.43.